The first-order chi connectivity index (χ1) is 13.7. The van der Waals surface area contributed by atoms with E-state index >= 15 is 0 Å². The molecule has 2 heterocycles. The van der Waals surface area contributed by atoms with E-state index in [1.165, 1.54) is 6.42 Å². The fourth-order valence-electron chi connectivity index (χ4n) is 4.62. The average molecular weight is 409 g/mol. The van der Waals surface area contributed by atoms with Crippen molar-refractivity contribution in [3.8, 4) is 0 Å². The molecular formula is C23H44N4O2. The van der Waals surface area contributed by atoms with Gasteiger partial charge in [-0.05, 0) is 70.5 Å². The Labute approximate surface area is 178 Å². The maximum absolute atomic E-state index is 13.5. The molecule has 0 saturated carbocycles. The van der Waals surface area contributed by atoms with Crippen molar-refractivity contribution in [2.45, 2.75) is 71.9 Å². The largest absolute Gasteiger partial charge is 0.341 e. The molecule has 6 heteroatoms. The van der Waals surface area contributed by atoms with Crippen molar-refractivity contribution in [1.29, 1.82) is 0 Å². The number of carbonyl (C=O) groups excluding carboxylic acids is 2. The summed E-state index contributed by atoms with van der Waals surface area (Å²) in [6, 6.07) is -0.458. The number of piperazine rings is 1. The molecule has 168 valence electrons. The van der Waals surface area contributed by atoms with Crippen molar-refractivity contribution >= 4 is 11.8 Å². The summed E-state index contributed by atoms with van der Waals surface area (Å²) >= 11 is 0. The maximum Gasteiger partial charge on any atom is 0.245 e. The molecule has 0 aromatic carbocycles. The second-order valence-electron chi connectivity index (χ2n) is 10.2. The summed E-state index contributed by atoms with van der Waals surface area (Å²) in [4.78, 5) is 32.8. The van der Waals surface area contributed by atoms with Crippen molar-refractivity contribution in [3.63, 3.8) is 0 Å². The van der Waals surface area contributed by atoms with Crippen LogP contribution in [0.3, 0.4) is 0 Å². The van der Waals surface area contributed by atoms with E-state index in [9.17, 15) is 9.59 Å². The lowest BCUT2D eigenvalue weighted by molar-refractivity contribution is -0.150. The molecular weight excluding hydrogens is 364 g/mol. The Hall–Kier alpha value is -1.14. The summed E-state index contributed by atoms with van der Waals surface area (Å²) < 4.78 is 0. The highest BCUT2D eigenvalue weighted by atomic mass is 16.2. The molecule has 0 aromatic heterocycles. The van der Waals surface area contributed by atoms with Crippen LogP contribution in [0.4, 0.5) is 0 Å². The van der Waals surface area contributed by atoms with Crippen LogP contribution in [-0.4, -0.2) is 85.4 Å². The molecule has 0 bridgehead atoms. The zero-order chi connectivity index (χ0) is 21.6. The lowest BCUT2D eigenvalue weighted by atomic mass is 9.92. The zero-order valence-electron chi connectivity index (χ0n) is 19.6. The van der Waals surface area contributed by atoms with Crippen LogP contribution >= 0.6 is 0 Å². The van der Waals surface area contributed by atoms with Crippen LogP contribution in [-0.2, 0) is 9.59 Å². The second kappa shape index (κ2) is 11.3. The van der Waals surface area contributed by atoms with Crippen molar-refractivity contribution in [3.05, 3.63) is 0 Å². The van der Waals surface area contributed by atoms with Crippen molar-refractivity contribution in [2.75, 3.05) is 46.8 Å². The van der Waals surface area contributed by atoms with E-state index in [4.69, 9.17) is 0 Å². The number of hydrogen-bond acceptors (Lipinski definition) is 4. The van der Waals surface area contributed by atoms with Crippen LogP contribution in [0.1, 0.15) is 59.8 Å². The smallest absolute Gasteiger partial charge is 0.245 e. The molecule has 2 aliphatic heterocycles. The molecule has 0 spiro atoms. The number of amides is 2. The van der Waals surface area contributed by atoms with Gasteiger partial charge in [0.1, 0.15) is 6.04 Å². The van der Waals surface area contributed by atoms with E-state index < -0.39 is 0 Å². The summed E-state index contributed by atoms with van der Waals surface area (Å²) in [6.07, 6.45) is 4.95. The lowest BCUT2D eigenvalue weighted by Crippen LogP contribution is -2.62. The number of nitrogens with one attached hydrogen (secondary N) is 1. The van der Waals surface area contributed by atoms with E-state index in [-0.39, 0.29) is 23.9 Å². The van der Waals surface area contributed by atoms with E-state index in [2.05, 4.69) is 52.0 Å². The standard InChI is InChI=1S/C23H44N4O2/c1-17(2)15-20-22(28)27(14-10-24-20)21(16-18(3)4)23(29)26-12-8-19(9-13-26)7-11-25(5)6/h17-21,24H,7-16H2,1-6H3/t20-,21-/m0/s1. The number of rotatable bonds is 9. The van der Waals surface area contributed by atoms with Crippen LogP contribution in [0.2, 0.25) is 0 Å². The molecule has 2 atom stereocenters. The number of hydrogen-bond donors (Lipinski definition) is 1. The molecule has 2 rings (SSSR count). The van der Waals surface area contributed by atoms with Gasteiger partial charge >= 0.3 is 0 Å². The van der Waals surface area contributed by atoms with Crippen molar-refractivity contribution in [2.24, 2.45) is 17.8 Å². The van der Waals surface area contributed by atoms with E-state index in [0.29, 0.717) is 24.3 Å². The van der Waals surface area contributed by atoms with Crippen molar-refractivity contribution in [1.82, 2.24) is 20.0 Å². The molecule has 29 heavy (non-hydrogen) atoms. The summed E-state index contributed by atoms with van der Waals surface area (Å²) in [6.45, 7) is 12.8. The topological polar surface area (TPSA) is 55.9 Å². The maximum atomic E-state index is 13.5. The Morgan fingerprint density at radius 3 is 2.31 bits per heavy atom. The normalized spacial score (nSPS) is 22.8. The van der Waals surface area contributed by atoms with Crippen molar-refractivity contribution < 1.29 is 9.59 Å². The highest BCUT2D eigenvalue weighted by molar-refractivity contribution is 5.90. The third kappa shape index (κ3) is 7.25. The van der Waals surface area contributed by atoms with Crippen LogP contribution in [0.25, 0.3) is 0 Å². The molecule has 2 fully saturated rings. The SMILES string of the molecule is CC(C)C[C@@H]1NCCN([C@@H](CC(C)C)C(=O)N2CCC(CCN(C)C)CC2)C1=O. The summed E-state index contributed by atoms with van der Waals surface area (Å²) in [5.74, 6) is 1.83. The van der Waals surface area contributed by atoms with Crippen LogP contribution in [0, 0.1) is 17.8 Å². The minimum atomic E-state index is -0.308. The van der Waals surface area contributed by atoms with Gasteiger partial charge < -0.3 is 20.0 Å². The quantitative estimate of drug-likeness (QED) is 0.637. The summed E-state index contributed by atoms with van der Waals surface area (Å²) in [5.41, 5.74) is 0. The summed E-state index contributed by atoms with van der Waals surface area (Å²) in [7, 11) is 4.23. The summed E-state index contributed by atoms with van der Waals surface area (Å²) in [5, 5.41) is 3.37. The lowest BCUT2D eigenvalue weighted by Gasteiger charge is -2.42. The first kappa shape index (κ1) is 24.1. The average Bonchev–Trinajstić information content (AvgIpc) is 2.66. The van der Waals surface area contributed by atoms with Gasteiger partial charge in [-0.2, -0.15) is 0 Å². The Morgan fingerprint density at radius 1 is 1.10 bits per heavy atom. The Morgan fingerprint density at radius 2 is 1.76 bits per heavy atom. The predicted octanol–water partition coefficient (Wildman–Crippen LogP) is 2.44. The van der Waals surface area contributed by atoms with E-state index in [1.807, 2.05) is 9.80 Å². The Bertz CT molecular complexity index is 527. The molecule has 2 amide bonds. The monoisotopic (exact) mass is 408 g/mol. The van der Waals surface area contributed by atoms with Gasteiger partial charge in [-0.1, -0.05) is 27.7 Å². The second-order valence-corrected chi connectivity index (χ2v) is 10.2. The van der Waals surface area contributed by atoms with E-state index in [0.717, 1.165) is 51.9 Å². The molecule has 0 radical (unpaired) electrons. The van der Waals surface area contributed by atoms with Gasteiger partial charge in [-0.15, -0.1) is 0 Å². The first-order valence-electron chi connectivity index (χ1n) is 11.7. The zero-order valence-corrected chi connectivity index (χ0v) is 19.6. The number of carbonyl (C=O) groups is 2. The van der Waals surface area contributed by atoms with Crippen LogP contribution in [0.15, 0.2) is 0 Å². The number of piperidine rings is 1. The van der Waals surface area contributed by atoms with Gasteiger partial charge in [0.25, 0.3) is 0 Å². The fourth-order valence-corrected chi connectivity index (χ4v) is 4.62. The molecule has 6 nitrogen and oxygen atoms in total. The molecule has 0 aliphatic carbocycles. The van der Waals surface area contributed by atoms with Gasteiger partial charge in [0, 0.05) is 26.2 Å². The highest BCUT2D eigenvalue weighted by Crippen LogP contribution is 2.24. The molecule has 1 N–H and O–H groups in total. The van der Waals surface area contributed by atoms with E-state index in [1.54, 1.807) is 0 Å². The molecule has 2 saturated heterocycles. The first-order valence-corrected chi connectivity index (χ1v) is 11.7. The Balaban J connectivity index is 2.02. The van der Waals surface area contributed by atoms with Crippen LogP contribution < -0.4 is 5.32 Å². The van der Waals surface area contributed by atoms with Gasteiger partial charge in [0.2, 0.25) is 11.8 Å². The van der Waals surface area contributed by atoms with Gasteiger partial charge in [-0.3, -0.25) is 9.59 Å². The predicted molar refractivity (Wildman–Crippen MR) is 119 cm³/mol. The molecule has 2 aliphatic rings. The Kier molecular flexibility index (Phi) is 9.41. The number of likely N-dealkylation sites (tertiary alicyclic amines) is 1. The molecule has 0 aromatic rings. The number of nitrogens with zero attached hydrogens (tertiary/aromatic N) is 3. The third-order valence-electron chi connectivity index (χ3n) is 6.30. The van der Waals surface area contributed by atoms with Gasteiger partial charge in [0.05, 0.1) is 6.04 Å². The minimum absolute atomic E-state index is 0.116. The third-order valence-corrected chi connectivity index (χ3v) is 6.30. The minimum Gasteiger partial charge on any atom is -0.341 e. The van der Waals surface area contributed by atoms with Crippen LogP contribution in [0.5, 0.6) is 0 Å². The molecule has 0 unspecified atom stereocenters. The van der Waals surface area contributed by atoms with Gasteiger partial charge in [-0.25, -0.2) is 0 Å². The highest BCUT2D eigenvalue weighted by Gasteiger charge is 2.39. The van der Waals surface area contributed by atoms with Gasteiger partial charge in [0.15, 0.2) is 0 Å². The fraction of sp³-hybridized carbons (Fsp3) is 0.913.